The van der Waals surface area contributed by atoms with E-state index in [2.05, 4.69) is 5.32 Å². The molecule has 1 amide bonds. The van der Waals surface area contributed by atoms with Crippen LogP contribution in [0.1, 0.15) is 26.2 Å². The minimum absolute atomic E-state index is 0.0220. The summed E-state index contributed by atoms with van der Waals surface area (Å²) in [5.74, 6) is 0.0829. The fourth-order valence-electron chi connectivity index (χ4n) is 1.45. The van der Waals surface area contributed by atoms with E-state index in [0.717, 1.165) is 12.8 Å². The Kier molecular flexibility index (Phi) is 4.90. The second kappa shape index (κ2) is 5.98. The minimum Gasteiger partial charge on any atom is -0.393 e. The molecule has 0 aliphatic carbocycles. The van der Waals surface area contributed by atoms with Crippen LogP contribution < -0.4 is 5.32 Å². The van der Waals surface area contributed by atoms with Gasteiger partial charge in [-0.2, -0.15) is 0 Å². The van der Waals surface area contributed by atoms with Crippen molar-refractivity contribution in [1.82, 2.24) is 5.32 Å². The standard InChI is InChI=1S/C10H19NO3/c1-2-9(12)3-5-11-10(13)8-4-6-14-7-8/h8-9,12H,2-7H2,1H3,(H,11,13). The Balaban J connectivity index is 2.08. The SMILES string of the molecule is CCC(O)CCNC(=O)C1CCOC1. The van der Waals surface area contributed by atoms with Gasteiger partial charge in [0.15, 0.2) is 0 Å². The number of rotatable bonds is 5. The molecule has 0 aromatic heterocycles. The van der Waals surface area contributed by atoms with E-state index in [1.807, 2.05) is 6.92 Å². The van der Waals surface area contributed by atoms with Crippen molar-refractivity contribution in [3.63, 3.8) is 0 Å². The zero-order chi connectivity index (χ0) is 10.4. The third-order valence-electron chi connectivity index (χ3n) is 2.55. The maximum atomic E-state index is 11.4. The van der Waals surface area contributed by atoms with Gasteiger partial charge in [0.2, 0.25) is 5.91 Å². The second-order valence-electron chi connectivity index (χ2n) is 3.70. The van der Waals surface area contributed by atoms with Crippen molar-refractivity contribution in [2.75, 3.05) is 19.8 Å². The average Bonchev–Trinajstić information content (AvgIpc) is 2.70. The van der Waals surface area contributed by atoms with Crippen LogP contribution in [0.25, 0.3) is 0 Å². The molecule has 0 spiro atoms. The zero-order valence-corrected chi connectivity index (χ0v) is 8.66. The van der Waals surface area contributed by atoms with Gasteiger partial charge in [-0.3, -0.25) is 4.79 Å². The summed E-state index contributed by atoms with van der Waals surface area (Å²) in [7, 11) is 0. The van der Waals surface area contributed by atoms with Crippen LogP contribution in [0.3, 0.4) is 0 Å². The molecular formula is C10H19NO3. The molecule has 1 fully saturated rings. The Morgan fingerprint density at radius 3 is 3.07 bits per heavy atom. The quantitative estimate of drug-likeness (QED) is 0.672. The fourth-order valence-corrected chi connectivity index (χ4v) is 1.45. The molecule has 2 N–H and O–H groups in total. The number of ether oxygens (including phenoxy) is 1. The van der Waals surface area contributed by atoms with Gasteiger partial charge in [-0.05, 0) is 19.3 Å². The molecule has 0 aromatic carbocycles. The minimum atomic E-state index is -0.296. The fraction of sp³-hybridized carbons (Fsp3) is 0.900. The van der Waals surface area contributed by atoms with E-state index in [4.69, 9.17) is 4.74 Å². The third kappa shape index (κ3) is 3.64. The summed E-state index contributed by atoms with van der Waals surface area (Å²) in [6.07, 6.45) is 1.90. The van der Waals surface area contributed by atoms with Gasteiger partial charge in [-0.1, -0.05) is 6.92 Å². The topological polar surface area (TPSA) is 58.6 Å². The first-order valence-corrected chi connectivity index (χ1v) is 5.27. The summed E-state index contributed by atoms with van der Waals surface area (Å²) in [6.45, 7) is 3.72. The van der Waals surface area contributed by atoms with E-state index >= 15 is 0 Å². The molecule has 0 aromatic rings. The average molecular weight is 201 g/mol. The van der Waals surface area contributed by atoms with Gasteiger partial charge in [-0.15, -0.1) is 0 Å². The van der Waals surface area contributed by atoms with Gasteiger partial charge in [0.1, 0.15) is 0 Å². The van der Waals surface area contributed by atoms with E-state index in [-0.39, 0.29) is 17.9 Å². The Hall–Kier alpha value is -0.610. The molecule has 2 atom stereocenters. The normalized spacial score (nSPS) is 23.4. The van der Waals surface area contributed by atoms with Crippen LogP contribution in [0.4, 0.5) is 0 Å². The molecule has 2 unspecified atom stereocenters. The second-order valence-corrected chi connectivity index (χ2v) is 3.70. The largest absolute Gasteiger partial charge is 0.393 e. The van der Waals surface area contributed by atoms with Crippen molar-refractivity contribution in [3.05, 3.63) is 0 Å². The van der Waals surface area contributed by atoms with Crippen LogP contribution in [-0.4, -0.2) is 36.9 Å². The van der Waals surface area contributed by atoms with E-state index in [1.165, 1.54) is 0 Å². The number of hydrogen-bond donors (Lipinski definition) is 2. The summed E-state index contributed by atoms with van der Waals surface area (Å²) in [5.41, 5.74) is 0. The zero-order valence-electron chi connectivity index (χ0n) is 8.66. The number of aliphatic hydroxyl groups is 1. The molecule has 1 heterocycles. The summed E-state index contributed by atoms with van der Waals surface area (Å²) >= 11 is 0. The van der Waals surface area contributed by atoms with E-state index in [0.29, 0.717) is 26.2 Å². The lowest BCUT2D eigenvalue weighted by molar-refractivity contribution is -0.125. The van der Waals surface area contributed by atoms with Crippen molar-refractivity contribution in [1.29, 1.82) is 0 Å². The predicted molar refractivity (Wildman–Crippen MR) is 52.9 cm³/mol. The summed E-state index contributed by atoms with van der Waals surface area (Å²) in [4.78, 5) is 11.4. The highest BCUT2D eigenvalue weighted by Crippen LogP contribution is 2.11. The molecule has 0 radical (unpaired) electrons. The highest BCUT2D eigenvalue weighted by Gasteiger charge is 2.22. The van der Waals surface area contributed by atoms with Gasteiger partial charge in [0.25, 0.3) is 0 Å². The van der Waals surface area contributed by atoms with Gasteiger partial charge in [0, 0.05) is 13.2 Å². The monoisotopic (exact) mass is 201 g/mol. The van der Waals surface area contributed by atoms with Gasteiger partial charge >= 0.3 is 0 Å². The molecule has 0 saturated carbocycles. The highest BCUT2D eigenvalue weighted by atomic mass is 16.5. The molecule has 1 aliphatic heterocycles. The maximum absolute atomic E-state index is 11.4. The van der Waals surface area contributed by atoms with Gasteiger partial charge in [0.05, 0.1) is 18.6 Å². The first-order chi connectivity index (χ1) is 6.74. The molecule has 1 saturated heterocycles. The first-order valence-electron chi connectivity index (χ1n) is 5.27. The van der Waals surface area contributed by atoms with Crippen LogP contribution in [-0.2, 0) is 9.53 Å². The van der Waals surface area contributed by atoms with Crippen LogP contribution >= 0.6 is 0 Å². The first kappa shape index (κ1) is 11.5. The lowest BCUT2D eigenvalue weighted by Crippen LogP contribution is -2.33. The smallest absolute Gasteiger partial charge is 0.225 e. The lowest BCUT2D eigenvalue weighted by Gasteiger charge is -2.11. The molecule has 82 valence electrons. The predicted octanol–water partition coefficient (Wildman–Crippen LogP) is 0.300. The Bertz CT molecular complexity index is 178. The molecule has 14 heavy (non-hydrogen) atoms. The number of carbonyl (C=O) groups is 1. The van der Waals surface area contributed by atoms with Crippen molar-refractivity contribution in [2.24, 2.45) is 5.92 Å². The lowest BCUT2D eigenvalue weighted by atomic mass is 10.1. The van der Waals surface area contributed by atoms with Crippen LogP contribution in [0.2, 0.25) is 0 Å². The number of aliphatic hydroxyl groups excluding tert-OH is 1. The molecule has 1 aliphatic rings. The summed E-state index contributed by atoms with van der Waals surface area (Å²) in [6, 6.07) is 0. The Labute approximate surface area is 84.6 Å². The summed E-state index contributed by atoms with van der Waals surface area (Å²) < 4.78 is 5.12. The molecule has 0 bridgehead atoms. The number of hydrogen-bond acceptors (Lipinski definition) is 3. The van der Waals surface area contributed by atoms with Gasteiger partial charge < -0.3 is 15.2 Å². The number of amides is 1. The van der Waals surface area contributed by atoms with Crippen LogP contribution in [0, 0.1) is 5.92 Å². The van der Waals surface area contributed by atoms with Crippen LogP contribution in [0.15, 0.2) is 0 Å². The van der Waals surface area contributed by atoms with E-state index in [1.54, 1.807) is 0 Å². The van der Waals surface area contributed by atoms with Crippen molar-refractivity contribution in [3.8, 4) is 0 Å². The summed E-state index contributed by atoms with van der Waals surface area (Å²) in [5, 5.41) is 12.1. The van der Waals surface area contributed by atoms with E-state index < -0.39 is 0 Å². The van der Waals surface area contributed by atoms with Crippen molar-refractivity contribution in [2.45, 2.75) is 32.3 Å². The maximum Gasteiger partial charge on any atom is 0.225 e. The highest BCUT2D eigenvalue weighted by molar-refractivity contribution is 5.78. The van der Waals surface area contributed by atoms with Crippen molar-refractivity contribution < 1.29 is 14.6 Å². The third-order valence-corrected chi connectivity index (χ3v) is 2.55. The molecule has 4 heteroatoms. The molecule has 1 rings (SSSR count). The van der Waals surface area contributed by atoms with Crippen molar-refractivity contribution >= 4 is 5.91 Å². The van der Waals surface area contributed by atoms with Gasteiger partial charge in [-0.25, -0.2) is 0 Å². The Morgan fingerprint density at radius 2 is 2.50 bits per heavy atom. The number of carbonyl (C=O) groups excluding carboxylic acids is 1. The molecular weight excluding hydrogens is 182 g/mol. The number of nitrogens with one attached hydrogen (secondary N) is 1. The Morgan fingerprint density at radius 1 is 1.71 bits per heavy atom. The molecule has 4 nitrogen and oxygen atoms in total. The van der Waals surface area contributed by atoms with E-state index in [9.17, 15) is 9.90 Å². The van der Waals surface area contributed by atoms with Crippen LogP contribution in [0.5, 0.6) is 0 Å².